The first kappa shape index (κ1) is 42.2. The molecule has 4 rings (SSSR count). The molecule has 0 aliphatic carbocycles. The molecule has 1 unspecified atom stereocenters. The lowest BCUT2D eigenvalue weighted by Crippen LogP contribution is -2.45. The van der Waals surface area contributed by atoms with Gasteiger partial charge in [0, 0.05) is 46.3 Å². The van der Waals surface area contributed by atoms with E-state index in [9.17, 15) is 24.0 Å². The molecule has 0 bridgehead atoms. The number of nitrogens with one attached hydrogen (secondary N) is 2. The van der Waals surface area contributed by atoms with E-state index >= 15 is 0 Å². The summed E-state index contributed by atoms with van der Waals surface area (Å²) in [6.45, 7) is 10.1. The van der Waals surface area contributed by atoms with Crippen LogP contribution in [0.15, 0.2) is 47.3 Å². The maximum Gasteiger partial charge on any atom is 0.407 e. The average molecular weight is 752 g/mol. The minimum Gasteiger partial charge on any atom is -0.444 e. The first-order valence-corrected chi connectivity index (χ1v) is 18.9. The predicted octanol–water partition coefficient (Wildman–Crippen LogP) is 4.37. The summed E-state index contributed by atoms with van der Waals surface area (Å²) in [5.74, 6) is -1.19. The zero-order chi connectivity index (χ0) is 39.3. The van der Waals surface area contributed by atoms with E-state index < -0.39 is 35.6 Å². The van der Waals surface area contributed by atoms with Gasteiger partial charge in [-0.1, -0.05) is 30.3 Å². The number of imide groups is 1. The molecule has 2 aromatic carbocycles. The molecule has 1 aliphatic heterocycles. The van der Waals surface area contributed by atoms with Gasteiger partial charge < -0.3 is 30.0 Å². The van der Waals surface area contributed by atoms with E-state index in [-0.39, 0.29) is 30.5 Å². The van der Waals surface area contributed by atoms with Crippen molar-refractivity contribution in [2.45, 2.75) is 116 Å². The van der Waals surface area contributed by atoms with E-state index in [1.807, 2.05) is 37.3 Å². The number of fused-ring (bicyclic) bond motifs is 1. The van der Waals surface area contributed by atoms with Gasteiger partial charge in [-0.05, 0) is 101 Å². The van der Waals surface area contributed by atoms with Crippen molar-refractivity contribution in [2.75, 3.05) is 26.4 Å². The van der Waals surface area contributed by atoms with Crippen molar-refractivity contribution in [2.24, 2.45) is 12.8 Å². The number of hydrogen-bond donors (Lipinski definition) is 3. The molecule has 4 amide bonds. The van der Waals surface area contributed by atoms with Crippen LogP contribution in [0.1, 0.15) is 95.4 Å². The van der Waals surface area contributed by atoms with Crippen LogP contribution in [0.3, 0.4) is 0 Å². The SMILES string of the molecule is C[C@@H](OCc1ccc(CCCOCCCOCCCc2ccc3c(c2)n(C)c(=O)n3C2CCC(=O)NC2=O)cc1)[C@H](CCC(N)=O)NC(=O)OC(C)(C)C. The highest BCUT2D eigenvalue weighted by molar-refractivity contribution is 6.00. The Balaban J connectivity index is 1.07. The lowest BCUT2D eigenvalue weighted by Gasteiger charge is -2.27. The van der Waals surface area contributed by atoms with Crippen molar-refractivity contribution in [3.63, 3.8) is 0 Å². The Morgan fingerprint density at radius 1 is 0.907 bits per heavy atom. The van der Waals surface area contributed by atoms with E-state index in [0.29, 0.717) is 51.4 Å². The summed E-state index contributed by atoms with van der Waals surface area (Å²) in [7, 11) is 1.70. The maximum absolute atomic E-state index is 13.0. The second-order valence-electron chi connectivity index (χ2n) is 14.9. The molecular formula is C40H57N5O9. The number of piperidine rings is 1. The van der Waals surface area contributed by atoms with Gasteiger partial charge in [0.05, 0.1) is 29.8 Å². The Labute approximate surface area is 317 Å². The fourth-order valence-corrected chi connectivity index (χ4v) is 6.35. The van der Waals surface area contributed by atoms with Crippen molar-refractivity contribution >= 4 is 34.8 Å². The Kier molecular flexibility index (Phi) is 15.8. The summed E-state index contributed by atoms with van der Waals surface area (Å²) in [5.41, 5.74) is 9.16. The highest BCUT2D eigenvalue weighted by Crippen LogP contribution is 2.24. The molecule has 54 heavy (non-hydrogen) atoms. The predicted molar refractivity (Wildman–Crippen MR) is 204 cm³/mol. The zero-order valence-corrected chi connectivity index (χ0v) is 32.3. The van der Waals surface area contributed by atoms with Crippen molar-refractivity contribution < 1.29 is 38.1 Å². The van der Waals surface area contributed by atoms with Crippen molar-refractivity contribution in [3.8, 4) is 0 Å². The zero-order valence-electron chi connectivity index (χ0n) is 32.3. The molecule has 0 spiro atoms. The summed E-state index contributed by atoms with van der Waals surface area (Å²) in [6, 6.07) is 12.9. The number of nitrogens with zero attached hydrogens (tertiary/aromatic N) is 2. The second kappa shape index (κ2) is 20.2. The number of hydrogen-bond acceptors (Lipinski definition) is 9. The molecule has 1 saturated heterocycles. The highest BCUT2D eigenvalue weighted by Gasteiger charge is 2.31. The van der Waals surface area contributed by atoms with E-state index in [4.69, 9.17) is 24.7 Å². The normalized spacial score (nSPS) is 15.9. The van der Waals surface area contributed by atoms with Crippen molar-refractivity contribution in [1.29, 1.82) is 0 Å². The maximum atomic E-state index is 13.0. The third-order valence-corrected chi connectivity index (χ3v) is 9.27. The second-order valence-corrected chi connectivity index (χ2v) is 14.9. The molecule has 3 atom stereocenters. The van der Waals surface area contributed by atoms with Gasteiger partial charge in [0.15, 0.2) is 0 Å². The first-order valence-electron chi connectivity index (χ1n) is 18.9. The third kappa shape index (κ3) is 13.1. The molecule has 1 aliphatic rings. The molecule has 14 heteroatoms. The number of carbonyl (C=O) groups is 4. The standard InChI is InChI=1S/C40H57N5O9/c1-27(31(16-19-35(41)46)42-38(49)54-40(2,3)4)53-26-30-13-11-28(12-14-30)9-6-21-51-23-8-24-52-22-7-10-29-15-17-32-34(25-29)44(5)39(50)45(32)33-18-20-36(47)43-37(33)48/h11-15,17,25,27,31,33H,6-10,16,18-24,26H2,1-5H3,(H2,41,46)(H,42,49)(H,43,47,48)/t27-,31+,33?/m1/s1. The Hall–Kier alpha value is -4.53. The molecule has 2 heterocycles. The van der Waals surface area contributed by atoms with Gasteiger partial charge in [-0.15, -0.1) is 0 Å². The highest BCUT2D eigenvalue weighted by atomic mass is 16.6. The molecule has 1 fully saturated rings. The molecule has 1 aromatic heterocycles. The number of ether oxygens (including phenoxy) is 4. The lowest BCUT2D eigenvalue weighted by atomic mass is 10.1. The summed E-state index contributed by atoms with van der Waals surface area (Å²) >= 11 is 0. The van der Waals surface area contributed by atoms with Crippen LogP contribution in [0, 0.1) is 0 Å². The topological polar surface area (TPSA) is 182 Å². The fourth-order valence-electron chi connectivity index (χ4n) is 6.35. The minimum absolute atomic E-state index is 0.126. The number of imidazole rings is 1. The van der Waals surface area contributed by atoms with Crippen LogP contribution in [0.25, 0.3) is 11.0 Å². The van der Waals surface area contributed by atoms with E-state index in [2.05, 4.69) is 22.8 Å². The summed E-state index contributed by atoms with van der Waals surface area (Å²) in [5, 5.41) is 5.15. The fraction of sp³-hybridized carbons (Fsp3) is 0.575. The Morgan fingerprint density at radius 3 is 2.15 bits per heavy atom. The molecule has 4 N–H and O–H groups in total. The number of benzene rings is 2. The minimum atomic E-state index is -0.691. The average Bonchev–Trinajstić information content (AvgIpc) is 3.35. The van der Waals surface area contributed by atoms with E-state index in [1.54, 1.807) is 32.4 Å². The monoisotopic (exact) mass is 751 g/mol. The van der Waals surface area contributed by atoms with Crippen LogP contribution in [0.4, 0.5) is 4.79 Å². The first-order chi connectivity index (χ1) is 25.7. The third-order valence-electron chi connectivity index (χ3n) is 9.27. The lowest BCUT2D eigenvalue weighted by molar-refractivity contribution is -0.135. The molecule has 14 nitrogen and oxygen atoms in total. The number of alkyl carbamates (subject to hydrolysis) is 1. The number of amides is 4. The van der Waals surface area contributed by atoms with Crippen LogP contribution >= 0.6 is 0 Å². The largest absolute Gasteiger partial charge is 0.444 e. The van der Waals surface area contributed by atoms with Gasteiger partial charge in [0.2, 0.25) is 17.7 Å². The number of aromatic nitrogens is 2. The number of carbonyl (C=O) groups excluding carboxylic acids is 4. The van der Waals surface area contributed by atoms with Gasteiger partial charge in [0.25, 0.3) is 0 Å². The van der Waals surface area contributed by atoms with Crippen LogP contribution < -0.4 is 22.1 Å². The Morgan fingerprint density at radius 2 is 1.52 bits per heavy atom. The summed E-state index contributed by atoms with van der Waals surface area (Å²) in [6.07, 6.45) is 4.30. The molecular weight excluding hydrogens is 694 g/mol. The van der Waals surface area contributed by atoms with Gasteiger partial charge in [0.1, 0.15) is 11.6 Å². The number of aryl methyl sites for hydroxylation is 3. The summed E-state index contributed by atoms with van der Waals surface area (Å²) in [4.78, 5) is 60.7. The number of primary amides is 1. The van der Waals surface area contributed by atoms with Crippen LogP contribution in [0.5, 0.6) is 0 Å². The van der Waals surface area contributed by atoms with E-state index in [1.165, 1.54) is 10.1 Å². The Bertz CT molecular complexity index is 1780. The van der Waals surface area contributed by atoms with Crippen LogP contribution in [-0.4, -0.2) is 77.1 Å². The van der Waals surface area contributed by atoms with Gasteiger partial charge in [-0.25, -0.2) is 9.59 Å². The number of rotatable bonds is 21. The van der Waals surface area contributed by atoms with Gasteiger partial charge >= 0.3 is 11.8 Å². The smallest absolute Gasteiger partial charge is 0.407 e. The van der Waals surface area contributed by atoms with Gasteiger partial charge in [-0.2, -0.15) is 0 Å². The van der Waals surface area contributed by atoms with Crippen LogP contribution in [-0.2, 0) is 59.8 Å². The summed E-state index contributed by atoms with van der Waals surface area (Å²) < 4.78 is 26.1. The van der Waals surface area contributed by atoms with Crippen LogP contribution in [0.2, 0.25) is 0 Å². The molecule has 0 radical (unpaired) electrons. The van der Waals surface area contributed by atoms with Gasteiger partial charge in [-0.3, -0.25) is 28.8 Å². The van der Waals surface area contributed by atoms with Crippen molar-refractivity contribution in [1.82, 2.24) is 19.8 Å². The molecule has 296 valence electrons. The molecule has 3 aromatic rings. The molecule has 0 saturated carbocycles. The van der Waals surface area contributed by atoms with Crippen molar-refractivity contribution in [3.05, 3.63) is 69.6 Å². The quantitative estimate of drug-likeness (QED) is 0.105. The van der Waals surface area contributed by atoms with E-state index in [0.717, 1.165) is 48.7 Å². The number of nitrogens with two attached hydrogens (primary N) is 1.